The number of amides is 1. The van der Waals surface area contributed by atoms with E-state index in [1.807, 2.05) is 0 Å². The summed E-state index contributed by atoms with van der Waals surface area (Å²) in [7, 11) is 0. The summed E-state index contributed by atoms with van der Waals surface area (Å²) >= 11 is 0. The van der Waals surface area contributed by atoms with Crippen LogP contribution in [0, 0.1) is 42.1 Å². The molecule has 7 unspecified atom stereocenters. The van der Waals surface area contributed by atoms with Gasteiger partial charge in [-0.15, -0.1) is 0 Å². The zero-order valence-corrected chi connectivity index (χ0v) is 24.6. The lowest BCUT2D eigenvalue weighted by atomic mass is 9.73. The van der Waals surface area contributed by atoms with Crippen molar-refractivity contribution in [1.82, 2.24) is 15.5 Å². The predicted octanol–water partition coefficient (Wildman–Crippen LogP) is 6.14. The first-order valence-corrected chi connectivity index (χ1v) is 16.7. The Balaban J connectivity index is 1.09. The topological polar surface area (TPSA) is 53.6 Å². The van der Waals surface area contributed by atoms with Crippen LogP contribution in [0.25, 0.3) is 0 Å². The highest BCUT2D eigenvalue weighted by molar-refractivity contribution is 5.85. The van der Waals surface area contributed by atoms with Crippen molar-refractivity contribution in [3.8, 4) is 12.5 Å². The van der Waals surface area contributed by atoms with Gasteiger partial charge in [0.1, 0.15) is 12.2 Å². The molecule has 1 amide bonds. The quantitative estimate of drug-likeness (QED) is 0.415. The van der Waals surface area contributed by atoms with E-state index < -0.39 is 0 Å². The van der Waals surface area contributed by atoms with Crippen molar-refractivity contribution in [3.05, 3.63) is 11.8 Å². The molecule has 0 aromatic rings. The fourth-order valence-corrected chi connectivity index (χ4v) is 9.69. The van der Waals surface area contributed by atoms with E-state index >= 15 is 0 Å². The third-order valence-corrected chi connectivity index (χ3v) is 11.9. The molecule has 2 N–H and O–H groups in total. The third-order valence-electron chi connectivity index (χ3n) is 11.9. The predicted molar refractivity (Wildman–Crippen MR) is 157 cm³/mol. The second-order valence-electron chi connectivity index (χ2n) is 14.4. The van der Waals surface area contributed by atoms with Crippen LogP contribution in [0.3, 0.4) is 0 Å². The maximum Gasteiger partial charge on any atom is 0.231 e. The number of nitrogens with one attached hydrogen (secondary N) is 2. The van der Waals surface area contributed by atoms with Gasteiger partial charge in [0.2, 0.25) is 5.91 Å². The van der Waals surface area contributed by atoms with E-state index in [-0.39, 0.29) is 23.8 Å². The maximum atomic E-state index is 12.8. The van der Waals surface area contributed by atoms with Gasteiger partial charge in [-0.05, 0) is 127 Å². The first-order chi connectivity index (χ1) is 19.0. The van der Waals surface area contributed by atoms with Gasteiger partial charge in [-0.1, -0.05) is 20.3 Å². The van der Waals surface area contributed by atoms with Crippen LogP contribution in [-0.2, 0) is 9.53 Å². The van der Waals surface area contributed by atoms with E-state index in [0.717, 1.165) is 60.8 Å². The smallest absolute Gasteiger partial charge is 0.231 e. The van der Waals surface area contributed by atoms with Crippen molar-refractivity contribution in [2.24, 2.45) is 29.6 Å². The molecule has 7 atom stereocenters. The van der Waals surface area contributed by atoms with Crippen LogP contribution in [0.2, 0.25) is 0 Å². The van der Waals surface area contributed by atoms with Crippen LogP contribution in [0.1, 0.15) is 117 Å². The third kappa shape index (κ3) is 5.94. The molecule has 4 saturated carbocycles. The van der Waals surface area contributed by atoms with Gasteiger partial charge in [-0.2, -0.15) is 0 Å². The molecule has 5 heteroatoms. The minimum absolute atomic E-state index is 0.106. The molecule has 6 rings (SSSR count). The molecule has 2 saturated heterocycles. The molecule has 0 aromatic carbocycles. The van der Waals surface area contributed by atoms with E-state index in [0.29, 0.717) is 12.1 Å². The van der Waals surface area contributed by atoms with Crippen LogP contribution in [-0.4, -0.2) is 47.1 Å². The van der Waals surface area contributed by atoms with Crippen molar-refractivity contribution < 1.29 is 9.53 Å². The number of fused-ring (bicyclic) bond motifs is 2. The molecule has 0 aromatic heterocycles. The molecule has 6 aliphatic rings. The lowest BCUT2D eigenvalue weighted by Crippen LogP contribution is -2.57. The summed E-state index contributed by atoms with van der Waals surface area (Å²) in [5.41, 5.74) is 1.13. The van der Waals surface area contributed by atoms with Gasteiger partial charge in [0.15, 0.2) is 0 Å². The molecule has 4 aliphatic carbocycles. The summed E-state index contributed by atoms with van der Waals surface area (Å²) in [6.45, 7) is 4.92. The van der Waals surface area contributed by atoms with Crippen LogP contribution in [0.15, 0.2) is 11.8 Å². The number of ether oxygens (including phenoxy) is 1. The summed E-state index contributed by atoms with van der Waals surface area (Å²) in [5.74, 6) is 2.86. The number of hydrogen-bond acceptors (Lipinski definition) is 4. The molecule has 2 heterocycles. The van der Waals surface area contributed by atoms with Gasteiger partial charge in [0.05, 0.1) is 5.92 Å². The molecule has 216 valence electrons. The van der Waals surface area contributed by atoms with Crippen molar-refractivity contribution in [2.45, 2.75) is 153 Å². The minimum Gasteiger partial charge on any atom is -0.443 e. The van der Waals surface area contributed by atoms with Crippen LogP contribution >= 0.6 is 0 Å². The summed E-state index contributed by atoms with van der Waals surface area (Å²) in [6, 6.07) is 3.42. The molecule has 39 heavy (non-hydrogen) atoms. The Hall–Kier alpha value is -1.51. The lowest BCUT2D eigenvalue weighted by Gasteiger charge is -2.52. The molecule has 0 bridgehead atoms. The number of carbonyl (C=O) groups excluding carboxylic acids is 1. The Morgan fingerprint density at radius 1 is 0.846 bits per heavy atom. The monoisotopic (exact) mass is 535 g/mol. The highest BCUT2D eigenvalue weighted by Gasteiger charge is 2.47. The summed E-state index contributed by atoms with van der Waals surface area (Å²) in [6.07, 6.45) is 30.9. The van der Waals surface area contributed by atoms with Crippen LogP contribution in [0.4, 0.5) is 0 Å². The maximum absolute atomic E-state index is 12.8. The number of terminal acetylenes is 1. The SMILES string of the molecule is C#COC1CCCC2/C(=C\C3CCC4CC(N(C5CCC(C)CC5)C5CCC(C)CC5)CCC4N3)NC(=O)C12. The molecular weight excluding hydrogens is 482 g/mol. The summed E-state index contributed by atoms with van der Waals surface area (Å²) < 4.78 is 5.52. The fraction of sp³-hybridized carbons (Fsp3) is 0.853. The molecule has 2 aliphatic heterocycles. The number of nitrogens with zero attached hydrogens (tertiary/aromatic N) is 1. The largest absolute Gasteiger partial charge is 0.443 e. The zero-order valence-electron chi connectivity index (χ0n) is 24.6. The van der Waals surface area contributed by atoms with Crippen molar-refractivity contribution in [3.63, 3.8) is 0 Å². The van der Waals surface area contributed by atoms with E-state index in [1.54, 1.807) is 0 Å². The van der Waals surface area contributed by atoms with E-state index in [1.165, 1.54) is 83.5 Å². The minimum atomic E-state index is -0.138. The average Bonchev–Trinajstić information content (AvgIpc) is 3.26. The summed E-state index contributed by atoms with van der Waals surface area (Å²) in [4.78, 5) is 16.0. The van der Waals surface area contributed by atoms with E-state index in [4.69, 9.17) is 11.2 Å². The second kappa shape index (κ2) is 12.2. The Bertz CT molecular complexity index is 903. The Labute approximate surface area is 237 Å². The fourth-order valence-electron chi connectivity index (χ4n) is 9.69. The van der Waals surface area contributed by atoms with Gasteiger partial charge >= 0.3 is 0 Å². The molecular formula is C34H53N3O2. The number of hydrogen-bond donors (Lipinski definition) is 2. The van der Waals surface area contributed by atoms with Crippen molar-refractivity contribution >= 4 is 5.91 Å². The number of piperidine rings is 1. The number of carbonyl (C=O) groups is 1. The number of rotatable bonds is 5. The van der Waals surface area contributed by atoms with Crippen LogP contribution < -0.4 is 10.6 Å². The molecule has 5 nitrogen and oxygen atoms in total. The first-order valence-electron chi connectivity index (χ1n) is 16.7. The average molecular weight is 536 g/mol. The van der Waals surface area contributed by atoms with Gasteiger partial charge in [0.25, 0.3) is 0 Å². The van der Waals surface area contributed by atoms with Crippen LogP contribution in [0.5, 0.6) is 0 Å². The van der Waals surface area contributed by atoms with Gasteiger partial charge in [-0.25, -0.2) is 0 Å². The molecule has 0 spiro atoms. The molecule has 6 fully saturated rings. The lowest BCUT2D eigenvalue weighted by molar-refractivity contribution is -0.127. The van der Waals surface area contributed by atoms with Gasteiger partial charge < -0.3 is 15.4 Å². The highest BCUT2D eigenvalue weighted by atomic mass is 16.5. The Morgan fingerprint density at radius 3 is 2.18 bits per heavy atom. The van der Waals surface area contributed by atoms with E-state index in [2.05, 4.69) is 41.6 Å². The van der Waals surface area contributed by atoms with Crippen molar-refractivity contribution in [2.75, 3.05) is 0 Å². The zero-order chi connectivity index (χ0) is 26.9. The highest BCUT2D eigenvalue weighted by Crippen LogP contribution is 2.43. The second-order valence-corrected chi connectivity index (χ2v) is 14.4. The normalized spacial score (nSPS) is 45.7. The Morgan fingerprint density at radius 2 is 1.51 bits per heavy atom. The Kier molecular flexibility index (Phi) is 8.62. The van der Waals surface area contributed by atoms with Crippen molar-refractivity contribution in [1.29, 1.82) is 0 Å². The van der Waals surface area contributed by atoms with E-state index in [9.17, 15) is 4.79 Å². The van der Waals surface area contributed by atoms with Gasteiger partial charge in [0, 0.05) is 41.8 Å². The first kappa shape index (κ1) is 27.6. The summed E-state index contributed by atoms with van der Waals surface area (Å²) in [5, 5.41) is 7.28. The standard InChI is InChI=1S/C34H53N3O2/c1-4-39-32-7-5-6-29-31(36-34(38)33(29)32)21-25-13-12-24-20-28(18-19-30(24)35-25)37(26-14-8-22(2)9-15-26)27-16-10-23(3)11-17-27/h1,21-30,32-33,35H,5-20H2,2-3H3,(H,36,38)/b31-21+. The number of allylic oxidation sites excluding steroid dienone is 1. The molecule has 0 radical (unpaired) electrons. The van der Waals surface area contributed by atoms with Gasteiger partial charge in [-0.3, -0.25) is 9.69 Å².